The monoisotopic (exact) mass is 574 g/mol. The highest BCUT2D eigenvalue weighted by Crippen LogP contribution is 2.51. The van der Waals surface area contributed by atoms with Gasteiger partial charge in [0, 0.05) is 40.1 Å². The van der Waals surface area contributed by atoms with Crippen LogP contribution in [0, 0.1) is 0 Å². The molecule has 2 heteroatoms. The molecule has 1 aliphatic rings. The summed E-state index contributed by atoms with van der Waals surface area (Å²) in [5.74, 6) is 0. The highest BCUT2D eigenvalue weighted by molar-refractivity contribution is 6.27. The van der Waals surface area contributed by atoms with E-state index in [1.54, 1.807) is 0 Å². The summed E-state index contributed by atoms with van der Waals surface area (Å²) in [7, 11) is 0. The molecule has 0 N–H and O–H groups in total. The van der Waals surface area contributed by atoms with Crippen LogP contribution in [0.4, 0.5) is 0 Å². The zero-order valence-corrected chi connectivity index (χ0v) is 25.3. The van der Waals surface area contributed by atoms with Crippen molar-refractivity contribution in [2.45, 2.75) is 19.3 Å². The largest absolute Gasteiger partial charge is 0.256 e. The van der Waals surface area contributed by atoms with Crippen LogP contribution in [-0.4, -0.2) is 9.97 Å². The average molecular weight is 575 g/mol. The van der Waals surface area contributed by atoms with E-state index < -0.39 is 0 Å². The van der Waals surface area contributed by atoms with Gasteiger partial charge in [-0.05, 0) is 66.7 Å². The molecule has 0 amide bonds. The third kappa shape index (κ3) is 3.89. The Labute approximate surface area is 262 Å². The summed E-state index contributed by atoms with van der Waals surface area (Å²) in [5.41, 5.74) is 11.5. The molecule has 0 fully saturated rings. The predicted molar refractivity (Wildman–Crippen MR) is 188 cm³/mol. The summed E-state index contributed by atoms with van der Waals surface area (Å²) in [6, 6.07) is 48.0. The van der Waals surface area contributed by atoms with E-state index in [9.17, 15) is 0 Å². The maximum absolute atomic E-state index is 4.97. The summed E-state index contributed by atoms with van der Waals surface area (Å²) >= 11 is 0. The molecule has 212 valence electrons. The topological polar surface area (TPSA) is 25.8 Å². The van der Waals surface area contributed by atoms with Gasteiger partial charge >= 0.3 is 0 Å². The minimum absolute atomic E-state index is 0.161. The number of benzene rings is 6. The number of rotatable bonds is 4. The van der Waals surface area contributed by atoms with Crippen LogP contribution in [0.2, 0.25) is 0 Å². The van der Waals surface area contributed by atoms with Crippen LogP contribution in [0.25, 0.3) is 77.1 Å². The first kappa shape index (κ1) is 25.9. The van der Waals surface area contributed by atoms with E-state index in [1.165, 1.54) is 65.7 Å². The van der Waals surface area contributed by atoms with Gasteiger partial charge in [-0.15, -0.1) is 0 Å². The first-order valence-electron chi connectivity index (χ1n) is 15.6. The maximum Gasteiger partial charge on any atom is 0.0708 e. The molecule has 0 spiro atoms. The van der Waals surface area contributed by atoms with Crippen LogP contribution in [0.3, 0.4) is 0 Å². The molecule has 0 radical (unpaired) electrons. The van der Waals surface area contributed by atoms with Crippen molar-refractivity contribution in [3.8, 4) is 44.8 Å². The number of hydrogen-bond donors (Lipinski definition) is 0. The number of hydrogen-bond acceptors (Lipinski definition) is 2. The molecular weight excluding hydrogens is 544 g/mol. The minimum Gasteiger partial charge on any atom is -0.256 e. The van der Waals surface area contributed by atoms with E-state index >= 15 is 0 Å². The fourth-order valence-corrected chi connectivity index (χ4v) is 7.45. The zero-order valence-electron chi connectivity index (χ0n) is 25.3. The zero-order chi connectivity index (χ0) is 30.1. The highest BCUT2D eigenvalue weighted by atomic mass is 14.7. The molecule has 9 rings (SSSR count). The number of aromatic nitrogens is 2. The summed E-state index contributed by atoms with van der Waals surface area (Å²) < 4.78 is 0. The second kappa shape index (κ2) is 9.70. The Morgan fingerprint density at radius 2 is 0.867 bits per heavy atom. The van der Waals surface area contributed by atoms with E-state index in [0.29, 0.717) is 0 Å². The van der Waals surface area contributed by atoms with E-state index in [4.69, 9.17) is 9.97 Å². The van der Waals surface area contributed by atoms with Crippen molar-refractivity contribution in [1.82, 2.24) is 9.97 Å². The molecule has 0 saturated heterocycles. The molecule has 0 saturated carbocycles. The van der Waals surface area contributed by atoms with Crippen LogP contribution >= 0.6 is 0 Å². The average Bonchev–Trinajstić information content (AvgIpc) is 3.10. The van der Waals surface area contributed by atoms with Gasteiger partial charge in [-0.1, -0.05) is 135 Å². The second-order valence-electron chi connectivity index (χ2n) is 12.6. The first-order valence-corrected chi connectivity index (χ1v) is 15.6. The Hall–Kier alpha value is -5.60. The van der Waals surface area contributed by atoms with E-state index in [-0.39, 0.29) is 5.41 Å². The van der Waals surface area contributed by atoms with Gasteiger partial charge < -0.3 is 0 Å². The summed E-state index contributed by atoms with van der Waals surface area (Å²) in [6.07, 6.45) is 3.99. The second-order valence-corrected chi connectivity index (χ2v) is 12.6. The predicted octanol–water partition coefficient (Wildman–Crippen LogP) is 11.2. The molecule has 2 heterocycles. The molecule has 45 heavy (non-hydrogen) atoms. The van der Waals surface area contributed by atoms with Crippen LogP contribution in [0.1, 0.15) is 25.0 Å². The van der Waals surface area contributed by atoms with E-state index in [2.05, 4.69) is 135 Å². The van der Waals surface area contributed by atoms with Crippen molar-refractivity contribution in [2.75, 3.05) is 0 Å². The van der Waals surface area contributed by atoms with Crippen LogP contribution < -0.4 is 0 Å². The Morgan fingerprint density at radius 1 is 0.400 bits per heavy atom. The molecule has 2 aromatic heterocycles. The smallest absolute Gasteiger partial charge is 0.0708 e. The molecule has 0 unspecified atom stereocenters. The molecule has 8 aromatic rings. The molecule has 0 bridgehead atoms. The highest BCUT2D eigenvalue weighted by Gasteiger charge is 2.33. The SMILES string of the molecule is CC1(C)c2ccc(-c3ccc(-c4ccccc4)cn3)c3ccc4ccc5c(-c6ccc(-c7ccccc7)cn6)ccc1c5c4c23. The summed E-state index contributed by atoms with van der Waals surface area (Å²) in [4.78, 5) is 9.95. The summed E-state index contributed by atoms with van der Waals surface area (Å²) in [5, 5.41) is 7.78. The first-order chi connectivity index (χ1) is 22.1. The maximum atomic E-state index is 4.97. The van der Waals surface area contributed by atoms with Gasteiger partial charge in [0.05, 0.1) is 11.4 Å². The molecule has 2 nitrogen and oxygen atoms in total. The normalized spacial score (nSPS) is 13.3. The van der Waals surface area contributed by atoms with E-state index in [0.717, 1.165) is 22.5 Å². The Morgan fingerprint density at radius 3 is 1.29 bits per heavy atom. The number of pyridine rings is 2. The third-order valence-corrected chi connectivity index (χ3v) is 9.78. The molecule has 6 aromatic carbocycles. The molecule has 0 atom stereocenters. The number of nitrogens with zero attached hydrogens (tertiary/aromatic N) is 2. The van der Waals surface area contributed by atoms with Gasteiger partial charge in [-0.3, -0.25) is 9.97 Å². The van der Waals surface area contributed by atoms with Crippen molar-refractivity contribution in [2.24, 2.45) is 0 Å². The fourth-order valence-electron chi connectivity index (χ4n) is 7.45. The van der Waals surface area contributed by atoms with Gasteiger partial charge in [0.15, 0.2) is 0 Å². The van der Waals surface area contributed by atoms with Crippen LogP contribution in [0.15, 0.2) is 146 Å². The lowest BCUT2D eigenvalue weighted by Crippen LogP contribution is -2.22. The van der Waals surface area contributed by atoms with E-state index in [1.807, 2.05) is 24.5 Å². The minimum atomic E-state index is -0.161. The standard InChI is InChI=1S/C43H30N2/c1-43(2)36-21-19-32(38-23-15-30(25-44-38)27-9-5-3-6-10-27)34-17-13-29-14-18-35-33(20-22-37(43)42(35)40(29)41(34)36)39-24-16-31(26-45-39)28-11-7-4-8-12-28/h3-26H,1-2H3. The van der Waals surface area contributed by atoms with Crippen LogP contribution in [0.5, 0.6) is 0 Å². The lowest BCUT2D eigenvalue weighted by atomic mass is 9.68. The van der Waals surface area contributed by atoms with Crippen molar-refractivity contribution >= 4 is 32.3 Å². The summed E-state index contributed by atoms with van der Waals surface area (Å²) in [6.45, 7) is 4.73. The quantitative estimate of drug-likeness (QED) is 0.195. The Balaban J connectivity index is 1.26. The fraction of sp³-hybridized carbons (Fsp3) is 0.0698. The molecular formula is C43H30N2. The van der Waals surface area contributed by atoms with Crippen molar-refractivity contribution < 1.29 is 0 Å². The van der Waals surface area contributed by atoms with Crippen LogP contribution in [-0.2, 0) is 5.41 Å². The van der Waals surface area contributed by atoms with Gasteiger partial charge in [0.2, 0.25) is 0 Å². The van der Waals surface area contributed by atoms with Gasteiger partial charge in [0.25, 0.3) is 0 Å². The van der Waals surface area contributed by atoms with Gasteiger partial charge in [-0.25, -0.2) is 0 Å². The van der Waals surface area contributed by atoms with Gasteiger partial charge in [0.1, 0.15) is 0 Å². The molecule has 1 aliphatic carbocycles. The van der Waals surface area contributed by atoms with Gasteiger partial charge in [-0.2, -0.15) is 0 Å². The van der Waals surface area contributed by atoms with Crippen molar-refractivity contribution in [1.29, 1.82) is 0 Å². The third-order valence-electron chi connectivity index (χ3n) is 9.78. The lowest BCUT2D eigenvalue weighted by Gasteiger charge is -2.35. The Bertz CT molecular complexity index is 2240. The molecule has 0 aliphatic heterocycles. The van der Waals surface area contributed by atoms with Crippen molar-refractivity contribution in [3.05, 3.63) is 157 Å². The van der Waals surface area contributed by atoms with Crippen molar-refractivity contribution in [3.63, 3.8) is 0 Å². The lowest BCUT2D eigenvalue weighted by molar-refractivity contribution is 0.652. The Kier molecular flexibility index (Phi) is 5.58.